The molecular formula is C15H16BrN3O3. The molecule has 0 spiro atoms. The number of benzene rings is 1. The van der Waals surface area contributed by atoms with Crippen LogP contribution >= 0.6 is 15.9 Å². The Balaban J connectivity index is 1.73. The standard InChI is InChI=1S/C15H16BrN3O3/c1-21-15(20)12-6-3-7-19(12)9-13-17-18-14(22-13)10-4-2-5-11(16)8-10/h2,4-5,8,12H,3,6-7,9H2,1H3. The zero-order valence-electron chi connectivity index (χ0n) is 12.2. The van der Waals surface area contributed by atoms with Gasteiger partial charge in [-0.15, -0.1) is 10.2 Å². The van der Waals surface area contributed by atoms with Gasteiger partial charge in [-0.05, 0) is 37.6 Å². The van der Waals surface area contributed by atoms with Crippen LogP contribution < -0.4 is 0 Å². The molecule has 1 aromatic heterocycles. The first kappa shape index (κ1) is 15.2. The third kappa shape index (κ3) is 3.20. The second-order valence-corrected chi connectivity index (χ2v) is 6.08. The van der Waals surface area contributed by atoms with E-state index in [4.69, 9.17) is 9.15 Å². The molecule has 0 amide bonds. The van der Waals surface area contributed by atoms with Crippen LogP contribution in [0.4, 0.5) is 0 Å². The lowest BCUT2D eigenvalue weighted by Crippen LogP contribution is -2.36. The van der Waals surface area contributed by atoms with Crippen molar-refractivity contribution >= 4 is 21.9 Å². The number of rotatable bonds is 4. The minimum absolute atomic E-state index is 0.204. The number of likely N-dealkylation sites (tertiary alicyclic amines) is 1. The van der Waals surface area contributed by atoms with E-state index in [1.807, 2.05) is 29.2 Å². The van der Waals surface area contributed by atoms with Crippen molar-refractivity contribution in [3.8, 4) is 11.5 Å². The monoisotopic (exact) mass is 365 g/mol. The lowest BCUT2D eigenvalue weighted by molar-refractivity contribution is -0.146. The Morgan fingerprint density at radius 1 is 1.50 bits per heavy atom. The number of methoxy groups -OCH3 is 1. The molecular weight excluding hydrogens is 350 g/mol. The summed E-state index contributed by atoms with van der Waals surface area (Å²) in [6.07, 6.45) is 1.77. The highest BCUT2D eigenvalue weighted by atomic mass is 79.9. The van der Waals surface area contributed by atoms with Crippen molar-refractivity contribution in [3.05, 3.63) is 34.6 Å². The highest BCUT2D eigenvalue weighted by molar-refractivity contribution is 9.10. The lowest BCUT2D eigenvalue weighted by Gasteiger charge is -2.20. The maximum Gasteiger partial charge on any atom is 0.323 e. The number of ether oxygens (including phenoxy) is 1. The molecule has 3 rings (SSSR count). The molecule has 1 fully saturated rings. The van der Waals surface area contributed by atoms with E-state index < -0.39 is 0 Å². The normalized spacial score (nSPS) is 18.5. The summed E-state index contributed by atoms with van der Waals surface area (Å²) in [6.45, 7) is 1.29. The molecule has 1 saturated heterocycles. The Kier molecular flexibility index (Phi) is 4.54. The van der Waals surface area contributed by atoms with Crippen molar-refractivity contribution < 1.29 is 13.9 Å². The Hall–Kier alpha value is -1.73. The van der Waals surface area contributed by atoms with Crippen LogP contribution in [0.2, 0.25) is 0 Å². The maximum atomic E-state index is 11.7. The third-order valence-electron chi connectivity index (χ3n) is 3.71. The number of aromatic nitrogens is 2. The van der Waals surface area contributed by atoms with Gasteiger partial charge in [0, 0.05) is 10.0 Å². The molecule has 116 valence electrons. The molecule has 0 N–H and O–H groups in total. The minimum atomic E-state index is -0.216. The molecule has 0 saturated carbocycles. The summed E-state index contributed by atoms with van der Waals surface area (Å²) in [5.41, 5.74) is 0.860. The van der Waals surface area contributed by atoms with Crippen LogP contribution in [-0.4, -0.2) is 40.8 Å². The summed E-state index contributed by atoms with van der Waals surface area (Å²) in [4.78, 5) is 13.8. The predicted molar refractivity (Wildman–Crippen MR) is 82.9 cm³/mol. The summed E-state index contributed by atoms with van der Waals surface area (Å²) in [5.74, 6) is 0.778. The zero-order chi connectivity index (χ0) is 15.5. The number of carbonyl (C=O) groups is 1. The number of esters is 1. The van der Waals surface area contributed by atoms with Gasteiger partial charge in [0.2, 0.25) is 11.8 Å². The maximum absolute atomic E-state index is 11.7. The fraction of sp³-hybridized carbons (Fsp3) is 0.400. The summed E-state index contributed by atoms with van der Waals surface area (Å²) in [7, 11) is 1.41. The molecule has 0 aliphatic carbocycles. The molecule has 1 aromatic carbocycles. The second kappa shape index (κ2) is 6.58. The smallest absolute Gasteiger partial charge is 0.323 e. The molecule has 2 aromatic rings. The van der Waals surface area contributed by atoms with Crippen molar-refractivity contribution in [2.45, 2.75) is 25.4 Å². The zero-order valence-corrected chi connectivity index (χ0v) is 13.7. The largest absolute Gasteiger partial charge is 0.468 e. The van der Waals surface area contributed by atoms with Gasteiger partial charge in [-0.1, -0.05) is 22.0 Å². The molecule has 0 bridgehead atoms. The highest BCUT2D eigenvalue weighted by Crippen LogP contribution is 2.24. The van der Waals surface area contributed by atoms with E-state index >= 15 is 0 Å². The van der Waals surface area contributed by atoms with E-state index in [0.29, 0.717) is 18.3 Å². The average Bonchev–Trinajstić information content (AvgIpc) is 3.16. The lowest BCUT2D eigenvalue weighted by atomic mass is 10.2. The predicted octanol–water partition coefficient (Wildman–Crippen LogP) is 2.64. The van der Waals surface area contributed by atoms with Gasteiger partial charge in [0.25, 0.3) is 0 Å². The molecule has 1 atom stereocenters. The average molecular weight is 366 g/mol. The van der Waals surface area contributed by atoms with Gasteiger partial charge in [-0.3, -0.25) is 9.69 Å². The van der Waals surface area contributed by atoms with Crippen LogP contribution in [0.5, 0.6) is 0 Å². The molecule has 6 nitrogen and oxygen atoms in total. The highest BCUT2D eigenvalue weighted by Gasteiger charge is 2.32. The molecule has 2 heterocycles. The fourth-order valence-electron chi connectivity index (χ4n) is 2.65. The molecule has 1 unspecified atom stereocenters. The first-order valence-corrected chi connectivity index (χ1v) is 7.87. The Labute approximate surface area is 136 Å². The first-order valence-electron chi connectivity index (χ1n) is 7.07. The van der Waals surface area contributed by atoms with Gasteiger partial charge < -0.3 is 9.15 Å². The van der Waals surface area contributed by atoms with Crippen molar-refractivity contribution in [1.82, 2.24) is 15.1 Å². The van der Waals surface area contributed by atoms with Crippen LogP contribution in [0.25, 0.3) is 11.5 Å². The quantitative estimate of drug-likeness (QED) is 0.775. The van der Waals surface area contributed by atoms with Crippen LogP contribution in [0, 0.1) is 0 Å². The van der Waals surface area contributed by atoms with Crippen LogP contribution in [0.3, 0.4) is 0 Å². The van der Waals surface area contributed by atoms with Gasteiger partial charge in [0.15, 0.2) is 0 Å². The van der Waals surface area contributed by atoms with Gasteiger partial charge in [0.05, 0.1) is 13.7 Å². The summed E-state index contributed by atoms with van der Waals surface area (Å²) in [5, 5.41) is 8.16. The van der Waals surface area contributed by atoms with Crippen LogP contribution in [0.1, 0.15) is 18.7 Å². The minimum Gasteiger partial charge on any atom is -0.468 e. The molecule has 1 aliphatic rings. The van der Waals surface area contributed by atoms with Gasteiger partial charge in [-0.2, -0.15) is 0 Å². The molecule has 0 radical (unpaired) electrons. The first-order chi connectivity index (χ1) is 10.7. The van der Waals surface area contributed by atoms with Crippen molar-refractivity contribution in [1.29, 1.82) is 0 Å². The number of nitrogens with zero attached hydrogens (tertiary/aromatic N) is 3. The van der Waals surface area contributed by atoms with Crippen LogP contribution in [-0.2, 0) is 16.1 Å². The Morgan fingerprint density at radius 2 is 2.36 bits per heavy atom. The molecule has 7 heteroatoms. The van der Waals surface area contributed by atoms with E-state index in [1.165, 1.54) is 7.11 Å². The number of carbonyl (C=O) groups excluding carboxylic acids is 1. The van der Waals surface area contributed by atoms with Gasteiger partial charge in [0.1, 0.15) is 6.04 Å². The Bertz CT molecular complexity index is 674. The molecule has 1 aliphatic heterocycles. The van der Waals surface area contributed by atoms with E-state index in [1.54, 1.807) is 0 Å². The summed E-state index contributed by atoms with van der Waals surface area (Å²) < 4.78 is 11.5. The Morgan fingerprint density at radius 3 is 3.14 bits per heavy atom. The van der Waals surface area contributed by atoms with Crippen molar-refractivity contribution in [2.24, 2.45) is 0 Å². The fourth-order valence-corrected chi connectivity index (χ4v) is 3.05. The summed E-state index contributed by atoms with van der Waals surface area (Å²) >= 11 is 3.42. The van der Waals surface area contributed by atoms with Crippen molar-refractivity contribution in [2.75, 3.05) is 13.7 Å². The van der Waals surface area contributed by atoms with E-state index in [2.05, 4.69) is 26.1 Å². The SMILES string of the molecule is COC(=O)C1CCCN1Cc1nnc(-c2cccc(Br)c2)o1. The topological polar surface area (TPSA) is 68.5 Å². The van der Waals surface area contributed by atoms with Crippen LogP contribution in [0.15, 0.2) is 33.2 Å². The number of halogens is 1. The van der Waals surface area contributed by atoms with Gasteiger partial charge >= 0.3 is 5.97 Å². The summed E-state index contributed by atoms with van der Waals surface area (Å²) in [6, 6.07) is 7.47. The second-order valence-electron chi connectivity index (χ2n) is 5.16. The van der Waals surface area contributed by atoms with Crippen molar-refractivity contribution in [3.63, 3.8) is 0 Å². The van der Waals surface area contributed by atoms with E-state index in [9.17, 15) is 4.79 Å². The van der Waals surface area contributed by atoms with Gasteiger partial charge in [-0.25, -0.2) is 0 Å². The third-order valence-corrected chi connectivity index (χ3v) is 4.21. The number of hydrogen-bond acceptors (Lipinski definition) is 6. The van der Waals surface area contributed by atoms with E-state index in [0.717, 1.165) is 29.4 Å². The van der Waals surface area contributed by atoms with E-state index in [-0.39, 0.29) is 12.0 Å². The number of hydrogen-bond donors (Lipinski definition) is 0. The molecule has 22 heavy (non-hydrogen) atoms.